The molecule has 25 heavy (non-hydrogen) atoms. The molecule has 0 amide bonds. The van der Waals surface area contributed by atoms with Gasteiger partial charge in [-0.3, -0.25) is 23.4 Å². The number of H-pyrrole nitrogens is 1. The number of aromatic amines is 1. The molecule has 1 fully saturated rings. The number of rotatable bonds is 8. The van der Waals surface area contributed by atoms with Gasteiger partial charge in [0.25, 0.3) is 5.56 Å². The molecule has 5 atom stereocenters. The van der Waals surface area contributed by atoms with E-state index in [0.717, 1.165) is 17.7 Å². The van der Waals surface area contributed by atoms with Crippen molar-refractivity contribution in [2.24, 2.45) is 0 Å². The van der Waals surface area contributed by atoms with E-state index in [1.54, 1.807) is 0 Å². The quantitative estimate of drug-likeness (QED) is 0.300. The molecule has 0 radical (unpaired) electrons. The van der Waals surface area contributed by atoms with Gasteiger partial charge < -0.3 is 19.1 Å². The van der Waals surface area contributed by atoms with Gasteiger partial charge in [0.2, 0.25) is 0 Å². The van der Waals surface area contributed by atoms with Crippen molar-refractivity contribution < 1.29 is 32.7 Å². The Morgan fingerprint density at radius 2 is 2.12 bits per heavy atom. The lowest BCUT2D eigenvalue weighted by Gasteiger charge is -2.25. The van der Waals surface area contributed by atoms with Crippen molar-refractivity contribution in [3.05, 3.63) is 33.1 Å². The summed E-state index contributed by atoms with van der Waals surface area (Å²) in [6.07, 6.45) is -2.74. The molecule has 0 aromatic carbocycles. The van der Waals surface area contributed by atoms with Crippen molar-refractivity contribution >= 4 is 20.5 Å². The van der Waals surface area contributed by atoms with Crippen molar-refractivity contribution in [2.45, 2.75) is 24.5 Å². The van der Waals surface area contributed by atoms with E-state index >= 15 is 0 Å². The summed E-state index contributed by atoms with van der Waals surface area (Å²) in [5, 5.41) is 0. The van der Waals surface area contributed by atoms with Gasteiger partial charge in [-0.1, -0.05) is 0 Å². The molecule has 1 saturated heterocycles. The first-order valence-electron chi connectivity index (χ1n) is 7.08. The van der Waals surface area contributed by atoms with Crippen LogP contribution in [0, 0.1) is 0 Å². The fourth-order valence-corrected chi connectivity index (χ4v) is 3.27. The van der Waals surface area contributed by atoms with Crippen LogP contribution in [0.15, 0.2) is 21.9 Å². The van der Waals surface area contributed by atoms with E-state index in [2.05, 4.69) is 22.1 Å². The van der Waals surface area contributed by atoms with E-state index in [0.29, 0.717) is 0 Å². The zero-order chi connectivity index (χ0) is 18.6. The fourth-order valence-electron chi connectivity index (χ4n) is 2.45. The molecule has 3 unspecified atom stereocenters. The van der Waals surface area contributed by atoms with Gasteiger partial charge in [-0.2, -0.15) is 12.6 Å². The Balaban J connectivity index is 2.41. The van der Waals surface area contributed by atoms with Crippen LogP contribution in [0.5, 0.6) is 0 Å². The van der Waals surface area contributed by atoms with E-state index in [4.69, 9.17) is 18.7 Å². The lowest BCUT2D eigenvalue weighted by atomic mass is 10.1. The van der Waals surface area contributed by atoms with Gasteiger partial charge in [-0.25, -0.2) is 9.36 Å². The van der Waals surface area contributed by atoms with Crippen LogP contribution in [0.4, 0.5) is 0 Å². The lowest BCUT2D eigenvalue weighted by molar-refractivity contribution is -0.0687. The highest BCUT2D eigenvalue weighted by atomic mass is 32.1. The van der Waals surface area contributed by atoms with Crippen molar-refractivity contribution in [3.63, 3.8) is 0 Å². The molecule has 0 bridgehead atoms. The summed E-state index contributed by atoms with van der Waals surface area (Å²) in [6.45, 7) is -0.00455. The molecule has 142 valence electrons. The maximum atomic E-state index is 12.0. The van der Waals surface area contributed by atoms with E-state index in [1.165, 1.54) is 13.3 Å². The number of phosphoric ester groups is 1. The number of hydrogen-bond donors (Lipinski definition) is 3. The van der Waals surface area contributed by atoms with Gasteiger partial charge in [0, 0.05) is 26.5 Å². The van der Waals surface area contributed by atoms with Crippen LogP contribution in [0.3, 0.4) is 0 Å². The Bertz CT molecular complexity index is 738. The molecule has 2 rings (SSSR count). The summed E-state index contributed by atoms with van der Waals surface area (Å²) in [5.41, 5.74) is -1.31. The molecule has 2 heterocycles. The minimum absolute atomic E-state index is 0.00455. The van der Waals surface area contributed by atoms with Crippen LogP contribution in [-0.2, 0) is 27.8 Å². The third-order valence-electron chi connectivity index (χ3n) is 3.49. The van der Waals surface area contributed by atoms with Gasteiger partial charge >= 0.3 is 13.5 Å². The fraction of sp³-hybridized carbons (Fsp3) is 0.667. The molecule has 0 saturated carbocycles. The minimum Gasteiger partial charge on any atom is -0.382 e. The molecule has 0 spiro atoms. The predicted molar refractivity (Wildman–Crippen MR) is 87.5 cm³/mol. The standard InChI is InChI=1S/C12H19N2O9PS/c1-19-5-7-9(23-24(17,18)20-2)10(21-6-25)11(22-7)14-4-3-8(15)13-12(14)16/h3-4,7,9-11,25H,5-6H2,1-2H3,(H,17,18)(H,13,15,16)/t7-,9?,10?,11-/m1/s1. The van der Waals surface area contributed by atoms with Crippen LogP contribution >= 0.6 is 20.5 Å². The first-order chi connectivity index (χ1) is 11.8. The summed E-state index contributed by atoms with van der Waals surface area (Å²) in [4.78, 5) is 35.0. The number of nitrogens with one attached hydrogen (secondary N) is 1. The topological polar surface area (TPSA) is 138 Å². The second kappa shape index (κ2) is 8.60. The summed E-state index contributed by atoms with van der Waals surface area (Å²) in [5.74, 6) is -0.0785. The average Bonchev–Trinajstić information content (AvgIpc) is 2.86. The highest BCUT2D eigenvalue weighted by molar-refractivity contribution is 7.80. The maximum Gasteiger partial charge on any atom is 0.472 e. The second-order valence-corrected chi connectivity index (χ2v) is 6.79. The summed E-state index contributed by atoms with van der Waals surface area (Å²) in [7, 11) is -1.95. The van der Waals surface area contributed by atoms with Crippen LogP contribution < -0.4 is 11.2 Å². The second-order valence-electron chi connectivity index (χ2n) is 5.02. The van der Waals surface area contributed by atoms with Gasteiger partial charge in [0.05, 0.1) is 12.5 Å². The van der Waals surface area contributed by atoms with Crippen molar-refractivity contribution in [2.75, 3.05) is 26.8 Å². The molecule has 13 heteroatoms. The Kier molecular flexibility index (Phi) is 7.00. The number of methoxy groups -OCH3 is 1. The number of phosphoric acid groups is 1. The van der Waals surface area contributed by atoms with Crippen molar-refractivity contribution in [1.29, 1.82) is 0 Å². The van der Waals surface area contributed by atoms with Crippen LogP contribution in [0.25, 0.3) is 0 Å². The molecule has 1 aliphatic rings. The number of hydrogen-bond acceptors (Lipinski definition) is 9. The molecule has 0 aliphatic carbocycles. The predicted octanol–water partition coefficient (Wildman–Crippen LogP) is -0.515. The molecular weight excluding hydrogens is 379 g/mol. The number of nitrogens with zero attached hydrogens (tertiary/aromatic N) is 1. The monoisotopic (exact) mass is 398 g/mol. The molecule has 1 aliphatic heterocycles. The third kappa shape index (κ3) is 4.80. The Hall–Kier alpha value is -0.980. The largest absolute Gasteiger partial charge is 0.472 e. The summed E-state index contributed by atoms with van der Waals surface area (Å²) >= 11 is 3.98. The van der Waals surface area contributed by atoms with Crippen LogP contribution in [-0.4, -0.2) is 59.5 Å². The summed E-state index contributed by atoms with van der Waals surface area (Å²) in [6, 6.07) is 1.13. The molecule has 1 aromatic rings. The maximum absolute atomic E-state index is 12.0. The minimum atomic E-state index is -4.37. The normalized spacial score (nSPS) is 28.8. The average molecular weight is 398 g/mol. The lowest BCUT2D eigenvalue weighted by Crippen LogP contribution is -2.40. The number of thiol groups is 1. The van der Waals surface area contributed by atoms with E-state index in [9.17, 15) is 19.0 Å². The summed E-state index contributed by atoms with van der Waals surface area (Å²) < 4.78 is 38.7. The van der Waals surface area contributed by atoms with E-state index in [-0.39, 0.29) is 12.5 Å². The van der Waals surface area contributed by atoms with Crippen molar-refractivity contribution in [1.82, 2.24) is 9.55 Å². The van der Waals surface area contributed by atoms with Gasteiger partial charge in [-0.05, 0) is 0 Å². The Morgan fingerprint density at radius 1 is 1.40 bits per heavy atom. The first kappa shape index (κ1) is 20.3. The number of ether oxygens (including phenoxy) is 3. The molecular formula is C12H19N2O9PS. The highest BCUT2D eigenvalue weighted by Gasteiger charge is 2.50. The van der Waals surface area contributed by atoms with Crippen LogP contribution in [0.2, 0.25) is 0 Å². The van der Waals surface area contributed by atoms with Gasteiger partial charge in [0.15, 0.2) is 6.23 Å². The smallest absolute Gasteiger partial charge is 0.382 e. The Labute approximate surface area is 147 Å². The van der Waals surface area contributed by atoms with E-state index in [1.807, 2.05) is 0 Å². The molecule has 2 N–H and O–H groups in total. The van der Waals surface area contributed by atoms with Gasteiger partial charge in [0.1, 0.15) is 18.3 Å². The van der Waals surface area contributed by atoms with Crippen molar-refractivity contribution in [3.8, 4) is 0 Å². The molecule has 11 nitrogen and oxygen atoms in total. The van der Waals surface area contributed by atoms with E-state index < -0.39 is 43.6 Å². The zero-order valence-corrected chi connectivity index (χ0v) is 15.2. The van der Waals surface area contributed by atoms with Gasteiger partial charge in [-0.15, -0.1) is 0 Å². The SMILES string of the molecule is COC[C@H]1O[C@@H](n2ccc(=O)[nH]c2=O)C(OCS)C1OP(=O)(O)OC. The van der Waals surface area contributed by atoms with Crippen LogP contribution in [0.1, 0.15) is 6.23 Å². The highest BCUT2D eigenvalue weighted by Crippen LogP contribution is 2.48. The first-order valence-corrected chi connectivity index (χ1v) is 9.21. The Morgan fingerprint density at radius 3 is 2.68 bits per heavy atom. The zero-order valence-electron chi connectivity index (χ0n) is 13.4. The molecule has 1 aromatic heterocycles. The third-order valence-corrected chi connectivity index (χ3v) is 4.61. The number of aromatic nitrogens is 2.